The minimum Gasteiger partial charge on any atom is -0.506 e. The van der Waals surface area contributed by atoms with E-state index in [-0.39, 0.29) is 22.3 Å². The minimum absolute atomic E-state index is 0.0416. The van der Waals surface area contributed by atoms with Gasteiger partial charge in [0.05, 0.1) is 6.61 Å². The van der Waals surface area contributed by atoms with Gasteiger partial charge in [0.25, 0.3) is 5.91 Å². The molecule has 0 saturated carbocycles. The molecule has 1 amide bonds. The number of carbonyl (C=O) groups is 1. The first-order valence-electron chi connectivity index (χ1n) is 7.89. The Morgan fingerprint density at radius 3 is 2.58 bits per heavy atom. The molecule has 0 aliphatic carbocycles. The Balaban J connectivity index is 2.14. The number of unbranched alkanes of at least 4 members (excludes halogenated alkanes) is 1. The number of phenolic OH excluding ortho intramolecular Hbond substituents is 2. The van der Waals surface area contributed by atoms with Crippen LogP contribution in [0.2, 0.25) is 0 Å². The quantitative estimate of drug-likeness (QED) is 0.677. The van der Waals surface area contributed by atoms with E-state index >= 15 is 4.39 Å². The van der Waals surface area contributed by atoms with Gasteiger partial charge in [-0.15, -0.1) is 0 Å². The number of benzene rings is 2. The van der Waals surface area contributed by atoms with Crippen molar-refractivity contribution in [3.8, 4) is 17.2 Å². The first kappa shape index (κ1) is 18.1. The molecule has 1 fully saturated rings. The summed E-state index contributed by atoms with van der Waals surface area (Å²) in [7, 11) is -4.29. The molecular formula is C16H17FN2O6S. The van der Waals surface area contributed by atoms with E-state index in [1.165, 1.54) is 12.1 Å². The van der Waals surface area contributed by atoms with Crippen LogP contribution in [-0.4, -0.2) is 37.7 Å². The van der Waals surface area contributed by atoms with Crippen molar-refractivity contribution in [3.05, 3.63) is 24.0 Å². The molecular weight excluding hydrogens is 367 g/mol. The molecule has 2 aromatic carbocycles. The molecule has 3 rings (SSSR count). The normalized spacial score (nSPS) is 16.1. The van der Waals surface area contributed by atoms with Crippen molar-refractivity contribution >= 4 is 32.6 Å². The first-order valence-corrected chi connectivity index (χ1v) is 9.33. The zero-order chi connectivity index (χ0) is 19.1. The predicted molar refractivity (Wildman–Crippen MR) is 92.0 cm³/mol. The van der Waals surface area contributed by atoms with Crippen molar-refractivity contribution in [2.24, 2.45) is 0 Å². The minimum atomic E-state index is -4.29. The Morgan fingerprint density at radius 1 is 1.27 bits per heavy atom. The summed E-state index contributed by atoms with van der Waals surface area (Å²) >= 11 is 0. The average molecular weight is 384 g/mol. The number of ether oxygens (including phenoxy) is 1. The first-order chi connectivity index (χ1) is 12.2. The van der Waals surface area contributed by atoms with Crippen LogP contribution in [0.3, 0.4) is 0 Å². The lowest BCUT2D eigenvalue weighted by atomic mass is 10.1. The summed E-state index contributed by atoms with van der Waals surface area (Å²) in [5, 5.41) is 20.2. The molecule has 0 spiro atoms. The Kier molecular flexibility index (Phi) is 4.53. The number of fused-ring (bicyclic) bond motifs is 1. The summed E-state index contributed by atoms with van der Waals surface area (Å²) in [4.78, 5) is 11.4. The topological polar surface area (TPSA) is 116 Å². The summed E-state index contributed by atoms with van der Waals surface area (Å²) in [5.74, 6) is -2.74. The van der Waals surface area contributed by atoms with Gasteiger partial charge >= 0.3 is 10.2 Å². The van der Waals surface area contributed by atoms with Crippen LogP contribution < -0.4 is 13.8 Å². The van der Waals surface area contributed by atoms with Crippen LogP contribution in [0.5, 0.6) is 17.2 Å². The summed E-state index contributed by atoms with van der Waals surface area (Å²) in [6.07, 6.45) is 1.61. The molecule has 1 aliphatic heterocycles. The predicted octanol–water partition coefficient (Wildman–Crippen LogP) is 1.75. The third-order valence-electron chi connectivity index (χ3n) is 3.94. The second-order valence-corrected chi connectivity index (χ2v) is 7.43. The lowest BCUT2D eigenvalue weighted by Crippen LogP contribution is -2.30. The number of amides is 1. The van der Waals surface area contributed by atoms with Crippen molar-refractivity contribution < 1.29 is 32.6 Å². The van der Waals surface area contributed by atoms with Crippen LogP contribution in [-0.2, 0) is 15.0 Å². The lowest BCUT2D eigenvalue weighted by Gasteiger charge is -2.18. The number of halogens is 1. The van der Waals surface area contributed by atoms with Gasteiger partial charge < -0.3 is 14.9 Å². The summed E-state index contributed by atoms with van der Waals surface area (Å²) in [6.45, 7) is 1.64. The molecule has 1 heterocycles. The van der Waals surface area contributed by atoms with E-state index < -0.39 is 39.9 Å². The number of hydrogen-bond acceptors (Lipinski definition) is 6. The van der Waals surface area contributed by atoms with Gasteiger partial charge in [0.15, 0.2) is 17.3 Å². The Labute approximate surface area is 149 Å². The smallest absolute Gasteiger partial charge is 0.326 e. The molecule has 1 saturated heterocycles. The van der Waals surface area contributed by atoms with Gasteiger partial charge in [-0.05, 0) is 30.0 Å². The van der Waals surface area contributed by atoms with Crippen LogP contribution in [0.4, 0.5) is 10.1 Å². The molecule has 2 aromatic rings. The second kappa shape index (κ2) is 6.52. The van der Waals surface area contributed by atoms with Gasteiger partial charge in [-0.1, -0.05) is 13.3 Å². The van der Waals surface area contributed by atoms with Crippen LogP contribution in [0, 0.1) is 5.82 Å². The number of anilines is 1. The maximum atomic E-state index is 15.0. The fraction of sp³-hybridized carbons (Fsp3) is 0.312. The van der Waals surface area contributed by atoms with Crippen LogP contribution >= 0.6 is 0 Å². The van der Waals surface area contributed by atoms with Crippen molar-refractivity contribution in [2.45, 2.75) is 19.8 Å². The number of carbonyl (C=O) groups excluding carboxylic acids is 1. The van der Waals surface area contributed by atoms with Crippen molar-refractivity contribution in [1.29, 1.82) is 0 Å². The molecule has 26 heavy (non-hydrogen) atoms. The Hall–Kier alpha value is -2.75. The highest BCUT2D eigenvalue weighted by Gasteiger charge is 2.37. The van der Waals surface area contributed by atoms with E-state index in [0.717, 1.165) is 18.9 Å². The maximum absolute atomic E-state index is 15.0. The van der Waals surface area contributed by atoms with E-state index in [4.69, 9.17) is 4.74 Å². The zero-order valence-corrected chi connectivity index (χ0v) is 14.6. The lowest BCUT2D eigenvalue weighted by molar-refractivity contribution is -0.117. The number of phenols is 2. The molecule has 0 bridgehead atoms. The van der Waals surface area contributed by atoms with Crippen LogP contribution in [0.15, 0.2) is 18.2 Å². The number of hydrogen-bond donors (Lipinski definition) is 3. The molecule has 140 valence electrons. The van der Waals surface area contributed by atoms with Gasteiger partial charge in [-0.2, -0.15) is 8.42 Å². The highest BCUT2D eigenvalue weighted by Crippen LogP contribution is 2.41. The van der Waals surface area contributed by atoms with E-state index in [1.54, 1.807) is 4.72 Å². The molecule has 10 heteroatoms. The summed E-state index contributed by atoms with van der Waals surface area (Å²) < 4.78 is 46.5. The van der Waals surface area contributed by atoms with E-state index in [1.807, 2.05) is 6.92 Å². The van der Waals surface area contributed by atoms with E-state index in [2.05, 4.69) is 0 Å². The van der Waals surface area contributed by atoms with Crippen molar-refractivity contribution in [2.75, 3.05) is 17.5 Å². The molecule has 0 aromatic heterocycles. The third-order valence-corrected chi connectivity index (χ3v) is 5.31. The number of nitrogens with one attached hydrogen (secondary N) is 1. The Bertz CT molecular complexity index is 992. The fourth-order valence-corrected chi connectivity index (χ4v) is 3.84. The van der Waals surface area contributed by atoms with Gasteiger partial charge in [0, 0.05) is 5.39 Å². The zero-order valence-electron chi connectivity index (χ0n) is 13.8. The van der Waals surface area contributed by atoms with Gasteiger partial charge in [-0.25, -0.2) is 13.4 Å². The fourth-order valence-electron chi connectivity index (χ4n) is 2.67. The number of rotatable bonds is 5. The second-order valence-electron chi connectivity index (χ2n) is 5.84. The maximum Gasteiger partial charge on any atom is 0.326 e. The Morgan fingerprint density at radius 2 is 1.96 bits per heavy atom. The molecule has 0 unspecified atom stereocenters. The van der Waals surface area contributed by atoms with Crippen LogP contribution in [0.25, 0.3) is 10.8 Å². The van der Waals surface area contributed by atoms with Gasteiger partial charge in [0.1, 0.15) is 18.0 Å². The standard InChI is InChI=1S/C16H17FN2O6S/c1-2-3-4-25-13-7-10-9(5-11(13)20)6-12(21)16(15(10)17)19-8-14(22)18-26(19,23)24/h5-7,20-21H,2-4,8H2,1H3,(H,18,22). The van der Waals surface area contributed by atoms with E-state index in [9.17, 15) is 23.4 Å². The number of nitrogens with zero attached hydrogens (tertiary/aromatic N) is 1. The largest absolute Gasteiger partial charge is 0.506 e. The highest BCUT2D eigenvalue weighted by atomic mass is 32.2. The molecule has 1 aliphatic rings. The number of aromatic hydroxyl groups is 2. The average Bonchev–Trinajstić information content (AvgIpc) is 2.81. The van der Waals surface area contributed by atoms with Gasteiger partial charge in [0.2, 0.25) is 0 Å². The molecule has 0 atom stereocenters. The van der Waals surface area contributed by atoms with Gasteiger partial charge in [-0.3, -0.25) is 4.79 Å². The monoisotopic (exact) mass is 384 g/mol. The highest BCUT2D eigenvalue weighted by molar-refractivity contribution is 7.92. The van der Waals surface area contributed by atoms with Crippen molar-refractivity contribution in [3.63, 3.8) is 0 Å². The molecule has 8 nitrogen and oxygen atoms in total. The SMILES string of the molecule is CCCCOc1cc2c(F)c(N3CC(=O)NS3(=O)=O)c(O)cc2cc1O. The molecule has 3 N–H and O–H groups in total. The van der Waals surface area contributed by atoms with E-state index in [0.29, 0.717) is 10.9 Å². The molecule has 0 radical (unpaired) electrons. The van der Waals surface area contributed by atoms with Crippen LogP contribution in [0.1, 0.15) is 19.8 Å². The third kappa shape index (κ3) is 3.07. The van der Waals surface area contributed by atoms with Crippen molar-refractivity contribution in [1.82, 2.24) is 4.72 Å². The summed E-state index contributed by atoms with van der Waals surface area (Å²) in [5.41, 5.74) is -0.638. The summed E-state index contributed by atoms with van der Waals surface area (Å²) in [6, 6.07) is 3.56.